The topological polar surface area (TPSA) is 54.1 Å². The highest BCUT2D eigenvalue weighted by molar-refractivity contribution is 5.84. The molecule has 0 fully saturated rings. The normalized spacial score (nSPS) is 12.2. The van der Waals surface area contributed by atoms with Crippen molar-refractivity contribution in [1.29, 1.82) is 0 Å². The fourth-order valence-electron chi connectivity index (χ4n) is 2.74. The van der Waals surface area contributed by atoms with Crippen LogP contribution in [0.15, 0.2) is 60.8 Å². The lowest BCUT2D eigenvalue weighted by Gasteiger charge is -2.16. The fraction of sp³-hybridized carbons (Fsp3) is 0.211. The SMILES string of the molecule is COC(=O)[C@@H](Cc1c[nH]c2ccccc12)NCc1ccccc1. The zero-order valence-electron chi connectivity index (χ0n) is 13.1. The highest BCUT2D eigenvalue weighted by atomic mass is 16.5. The molecule has 0 bridgehead atoms. The van der Waals surface area contributed by atoms with E-state index in [0.29, 0.717) is 13.0 Å². The van der Waals surface area contributed by atoms with Crippen molar-refractivity contribution >= 4 is 16.9 Å². The molecule has 0 aliphatic carbocycles. The number of methoxy groups -OCH3 is 1. The summed E-state index contributed by atoms with van der Waals surface area (Å²) in [4.78, 5) is 15.3. The zero-order valence-corrected chi connectivity index (χ0v) is 13.1. The second-order valence-electron chi connectivity index (χ2n) is 5.51. The van der Waals surface area contributed by atoms with Crippen molar-refractivity contribution in [3.8, 4) is 0 Å². The van der Waals surface area contributed by atoms with Gasteiger partial charge in [0.05, 0.1) is 7.11 Å². The van der Waals surface area contributed by atoms with Crippen LogP contribution in [0.4, 0.5) is 0 Å². The van der Waals surface area contributed by atoms with Gasteiger partial charge >= 0.3 is 5.97 Å². The highest BCUT2D eigenvalue weighted by Gasteiger charge is 2.20. The van der Waals surface area contributed by atoms with Gasteiger partial charge in [-0.15, -0.1) is 0 Å². The van der Waals surface area contributed by atoms with E-state index in [0.717, 1.165) is 22.0 Å². The highest BCUT2D eigenvalue weighted by Crippen LogP contribution is 2.19. The number of nitrogens with one attached hydrogen (secondary N) is 2. The number of esters is 1. The van der Waals surface area contributed by atoms with Gasteiger partial charge in [0, 0.05) is 30.1 Å². The number of carbonyl (C=O) groups is 1. The Balaban J connectivity index is 1.75. The summed E-state index contributed by atoms with van der Waals surface area (Å²) in [6, 6.07) is 17.7. The molecular weight excluding hydrogens is 288 g/mol. The van der Waals surface area contributed by atoms with Crippen molar-refractivity contribution in [2.75, 3.05) is 7.11 Å². The van der Waals surface area contributed by atoms with Gasteiger partial charge in [0.2, 0.25) is 0 Å². The predicted octanol–water partition coefficient (Wildman–Crippen LogP) is 3.04. The molecule has 0 saturated heterocycles. The van der Waals surface area contributed by atoms with Crippen LogP contribution >= 0.6 is 0 Å². The van der Waals surface area contributed by atoms with Gasteiger partial charge in [0.25, 0.3) is 0 Å². The average Bonchev–Trinajstić information content (AvgIpc) is 3.02. The molecule has 0 amide bonds. The van der Waals surface area contributed by atoms with E-state index < -0.39 is 0 Å². The zero-order chi connectivity index (χ0) is 16.1. The molecule has 23 heavy (non-hydrogen) atoms. The third kappa shape index (κ3) is 3.60. The van der Waals surface area contributed by atoms with E-state index in [1.54, 1.807) is 0 Å². The molecule has 0 aliphatic heterocycles. The van der Waals surface area contributed by atoms with Gasteiger partial charge < -0.3 is 15.0 Å². The van der Waals surface area contributed by atoms with Crippen LogP contribution in [0.25, 0.3) is 10.9 Å². The molecule has 0 radical (unpaired) electrons. The molecule has 1 atom stereocenters. The van der Waals surface area contributed by atoms with Gasteiger partial charge in [-0.25, -0.2) is 0 Å². The lowest BCUT2D eigenvalue weighted by atomic mass is 10.0. The molecule has 4 nitrogen and oxygen atoms in total. The maximum absolute atomic E-state index is 12.1. The molecule has 0 saturated carbocycles. The van der Waals surface area contributed by atoms with E-state index in [1.807, 2.05) is 54.7 Å². The van der Waals surface area contributed by atoms with E-state index in [9.17, 15) is 4.79 Å². The van der Waals surface area contributed by atoms with Crippen molar-refractivity contribution in [3.63, 3.8) is 0 Å². The van der Waals surface area contributed by atoms with E-state index >= 15 is 0 Å². The van der Waals surface area contributed by atoms with Gasteiger partial charge in [-0.1, -0.05) is 48.5 Å². The second kappa shape index (κ2) is 7.11. The summed E-state index contributed by atoms with van der Waals surface area (Å²) < 4.78 is 4.95. The van der Waals surface area contributed by atoms with E-state index in [-0.39, 0.29) is 12.0 Å². The molecule has 1 aromatic heterocycles. The molecule has 0 spiro atoms. The van der Waals surface area contributed by atoms with Crippen molar-refractivity contribution in [1.82, 2.24) is 10.3 Å². The maximum Gasteiger partial charge on any atom is 0.323 e. The third-order valence-corrected chi connectivity index (χ3v) is 3.98. The van der Waals surface area contributed by atoms with Crippen molar-refractivity contribution in [2.24, 2.45) is 0 Å². The number of H-pyrrole nitrogens is 1. The largest absolute Gasteiger partial charge is 0.468 e. The quantitative estimate of drug-likeness (QED) is 0.688. The Morgan fingerprint density at radius 3 is 2.65 bits per heavy atom. The van der Waals surface area contributed by atoms with Crippen LogP contribution < -0.4 is 5.32 Å². The number of fused-ring (bicyclic) bond motifs is 1. The van der Waals surface area contributed by atoms with Gasteiger partial charge in [0.15, 0.2) is 0 Å². The summed E-state index contributed by atoms with van der Waals surface area (Å²) in [7, 11) is 1.43. The number of hydrogen-bond donors (Lipinski definition) is 2. The van der Waals surface area contributed by atoms with Gasteiger partial charge in [0.1, 0.15) is 6.04 Å². The van der Waals surface area contributed by atoms with Gasteiger partial charge in [-0.3, -0.25) is 4.79 Å². The van der Waals surface area contributed by atoms with Gasteiger partial charge in [-0.05, 0) is 17.2 Å². The first-order valence-corrected chi connectivity index (χ1v) is 7.68. The summed E-state index contributed by atoms with van der Waals surface area (Å²) in [5.41, 5.74) is 3.33. The molecule has 118 valence electrons. The van der Waals surface area contributed by atoms with Crippen LogP contribution in [0.3, 0.4) is 0 Å². The van der Waals surface area contributed by atoms with Crippen LogP contribution in [0.2, 0.25) is 0 Å². The maximum atomic E-state index is 12.1. The summed E-state index contributed by atoms with van der Waals surface area (Å²) in [6.07, 6.45) is 2.55. The standard InChI is InChI=1S/C19H20N2O2/c1-23-19(22)18(20-12-14-7-3-2-4-8-14)11-15-13-21-17-10-6-5-9-16(15)17/h2-10,13,18,20-21H,11-12H2,1H3/t18-/m1/s1. The first-order chi connectivity index (χ1) is 11.3. The van der Waals surface area contributed by atoms with E-state index in [1.165, 1.54) is 7.11 Å². The average molecular weight is 308 g/mol. The first kappa shape index (κ1) is 15.3. The number of ether oxygens (including phenoxy) is 1. The number of para-hydroxylation sites is 1. The van der Waals surface area contributed by atoms with Crippen LogP contribution in [-0.4, -0.2) is 24.1 Å². The minimum atomic E-state index is -0.376. The first-order valence-electron chi connectivity index (χ1n) is 7.68. The Labute approximate surface area is 135 Å². The summed E-state index contributed by atoms with van der Waals surface area (Å²) in [6.45, 7) is 0.628. The molecule has 1 heterocycles. The lowest BCUT2D eigenvalue weighted by Crippen LogP contribution is -2.39. The molecule has 4 heteroatoms. The number of aromatic amines is 1. The number of hydrogen-bond acceptors (Lipinski definition) is 3. The summed E-state index contributed by atoms with van der Waals surface area (Å²) in [5, 5.41) is 4.44. The molecule has 3 aromatic rings. The minimum absolute atomic E-state index is 0.244. The number of carbonyl (C=O) groups excluding carboxylic acids is 1. The third-order valence-electron chi connectivity index (χ3n) is 3.98. The Morgan fingerprint density at radius 2 is 1.87 bits per heavy atom. The van der Waals surface area contributed by atoms with Crippen LogP contribution in [0, 0.1) is 0 Å². The molecule has 2 aromatic carbocycles. The second-order valence-corrected chi connectivity index (χ2v) is 5.51. The van der Waals surface area contributed by atoms with Crippen LogP contribution in [0.1, 0.15) is 11.1 Å². The van der Waals surface area contributed by atoms with Crippen LogP contribution in [0.5, 0.6) is 0 Å². The van der Waals surface area contributed by atoms with Gasteiger partial charge in [-0.2, -0.15) is 0 Å². The number of rotatable bonds is 6. The van der Waals surface area contributed by atoms with E-state index in [2.05, 4.69) is 16.4 Å². The number of benzene rings is 2. The van der Waals surface area contributed by atoms with Crippen molar-refractivity contribution < 1.29 is 9.53 Å². The van der Waals surface area contributed by atoms with Crippen LogP contribution in [-0.2, 0) is 22.5 Å². The Kier molecular flexibility index (Phi) is 4.74. The Hall–Kier alpha value is -2.59. The molecular formula is C19H20N2O2. The molecule has 0 aliphatic rings. The Bertz CT molecular complexity index is 780. The summed E-state index contributed by atoms with van der Waals surface area (Å²) in [5.74, 6) is -0.244. The summed E-state index contributed by atoms with van der Waals surface area (Å²) >= 11 is 0. The van der Waals surface area contributed by atoms with E-state index in [4.69, 9.17) is 4.74 Å². The Morgan fingerprint density at radius 1 is 1.13 bits per heavy atom. The smallest absolute Gasteiger partial charge is 0.323 e. The fourth-order valence-corrected chi connectivity index (χ4v) is 2.74. The molecule has 0 unspecified atom stereocenters. The van der Waals surface area contributed by atoms with Crippen molar-refractivity contribution in [3.05, 3.63) is 71.9 Å². The molecule has 3 rings (SSSR count). The molecule has 2 N–H and O–H groups in total. The van der Waals surface area contributed by atoms with Crippen molar-refractivity contribution in [2.45, 2.75) is 19.0 Å². The number of aromatic nitrogens is 1. The predicted molar refractivity (Wildman–Crippen MR) is 91.1 cm³/mol. The monoisotopic (exact) mass is 308 g/mol. The lowest BCUT2D eigenvalue weighted by molar-refractivity contribution is -0.143. The minimum Gasteiger partial charge on any atom is -0.468 e.